The van der Waals surface area contributed by atoms with Crippen LogP contribution in [0.1, 0.15) is 40.5 Å². The third-order valence-corrected chi connectivity index (χ3v) is 5.80. The molecule has 164 valence electrons. The topological polar surface area (TPSA) is 132 Å². The molecule has 1 aromatic heterocycles. The molecule has 0 atom stereocenters. The number of carbonyl (C=O) groups excluding carboxylic acids is 3. The zero-order valence-corrected chi connectivity index (χ0v) is 17.8. The van der Waals surface area contributed by atoms with Gasteiger partial charge in [0.05, 0.1) is 32.9 Å². The highest BCUT2D eigenvalue weighted by Gasteiger charge is 2.36. The number of nitrogens with zero attached hydrogens (tertiary/aromatic N) is 3. The first-order valence-corrected chi connectivity index (χ1v) is 10.7. The molecule has 3 amide bonds. The van der Waals surface area contributed by atoms with Crippen LogP contribution in [0, 0.1) is 10.1 Å². The van der Waals surface area contributed by atoms with Crippen molar-refractivity contribution in [1.82, 2.24) is 9.88 Å². The average Bonchev–Trinajstić information content (AvgIpc) is 3.26. The molecule has 0 saturated carbocycles. The first kappa shape index (κ1) is 21.4. The van der Waals surface area contributed by atoms with Crippen LogP contribution >= 0.6 is 11.3 Å². The zero-order valence-electron chi connectivity index (χ0n) is 17.0. The molecule has 2 aromatic carbocycles. The number of imide groups is 1. The molecular weight excluding hydrogens is 436 g/mol. The van der Waals surface area contributed by atoms with Crippen LogP contribution in [-0.2, 0) is 4.79 Å². The van der Waals surface area contributed by atoms with Gasteiger partial charge >= 0.3 is 0 Å². The minimum atomic E-state index is -0.620. The molecule has 0 unspecified atom stereocenters. The molecule has 10 nitrogen and oxygen atoms in total. The monoisotopic (exact) mass is 454 g/mol. The van der Waals surface area contributed by atoms with Gasteiger partial charge in [0.15, 0.2) is 5.13 Å². The van der Waals surface area contributed by atoms with Gasteiger partial charge in [0.1, 0.15) is 5.75 Å². The molecule has 11 heteroatoms. The molecule has 0 bridgehead atoms. The van der Waals surface area contributed by atoms with Gasteiger partial charge in [0, 0.05) is 25.1 Å². The third kappa shape index (κ3) is 4.14. The van der Waals surface area contributed by atoms with Crippen molar-refractivity contribution < 1.29 is 24.0 Å². The quantitative estimate of drug-likeness (QED) is 0.312. The first-order chi connectivity index (χ1) is 15.4. The Bertz CT molecular complexity index is 1250. The molecule has 1 aliphatic rings. The van der Waals surface area contributed by atoms with Crippen LogP contribution in [0.5, 0.6) is 5.75 Å². The summed E-state index contributed by atoms with van der Waals surface area (Å²) >= 11 is 1.32. The number of aromatic nitrogens is 1. The molecule has 3 aromatic rings. The molecule has 32 heavy (non-hydrogen) atoms. The Morgan fingerprint density at radius 2 is 1.97 bits per heavy atom. The number of non-ortho nitro benzene ring substituents is 1. The largest absolute Gasteiger partial charge is 0.494 e. The fraction of sp³-hybridized carbons (Fsp3) is 0.238. The maximum absolute atomic E-state index is 12.5. The van der Waals surface area contributed by atoms with E-state index in [-0.39, 0.29) is 42.1 Å². The second kappa shape index (κ2) is 8.71. The van der Waals surface area contributed by atoms with E-state index in [9.17, 15) is 24.5 Å². The number of benzene rings is 2. The summed E-state index contributed by atoms with van der Waals surface area (Å²) in [6.07, 6.45) is 0.326. The lowest BCUT2D eigenvalue weighted by Gasteiger charge is -2.13. The predicted octanol–water partition coefficient (Wildman–Crippen LogP) is 3.62. The Labute approximate surface area is 186 Å². The summed E-state index contributed by atoms with van der Waals surface area (Å²) in [5, 5.41) is 14.1. The lowest BCUT2D eigenvalue weighted by atomic mass is 10.1. The van der Waals surface area contributed by atoms with E-state index in [0.29, 0.717) is 11.7 Å². The van der Waals surface area contributed by atoms with Crippen LogP contribution in [0.4, 0.5) is 10.8 Å². The highest BCUT2D eigenvalue weighted by molar-refractivity contribution is 7.22. The summed E-state index contributed by atoms with van der Waals surface area (Å²) in [5.74, 6) is -0.670. The summed E-state index contributed by atoms with van der Waals surface area (Å²) in [7, 11) is 0. The Morgan fingerprint density at radius 1 is 1.19 bits per heavy atom. The molecule has 2 heterocycles. The first-order valence-electron chi connectivity index (χ1n) is 9.85. The number of ether oxygens (including phenoxy) is 1. The number of rotatable bonds is 8. The van der Waals surface area contributed by atoms with E-state index in [1.165, 1.54) is 23.5 Å². The van der Waals surface area contributed by atoms with E-state index in [4.69, 9.17) is 4.74 Å². The van der Waals surface area contributed by atoms with Crippen LogP contribution in [0.15, 0.2) is 36.4 Å². The number of fused-ring (bicyclic) bond motifs is 2. The highest BCUT2D eigenvalue weighted by atomic mass is 32.1. The number of hydrogen-bond donors (Lipinski definition) is 1. The van der Waals surface area contributed by atoms with Crippen molar-refractivity contribution >= 4 is 50.1 Å². The summed E-state index contributed by atoms with van der Waals surface area (Å²) < 4.78 is 6.34. The number of thiazole rings is 1. The summed E-state index contributed by atoms with van der Waals surface area (Å²) in [6.45, 7) is 2.48. The Morgan fingerprint density at radius 3 is 2.72 bits per heavy atom. The van der Waals surface area contributed by atoms with Gasteiger partial charge in [0.2, 0.25) is 5.91 Å². The molecular formula is C21H18N4O6S. The Kier molecular flexibility index (Phi) is 5.82. The summed E-state index contributed by atoms with van der Waals surface area (Å²) in [4.78, 5) is 52.9. The van der Waals surface area contributed by atoms with Crippen molar-refractivity contribution in [2.45, 2.75) is 19.8 Å². The van der Waals surface area contributed by atoms with E-state index in [1.54, 1.807) is 0 Å². The van der Waals surface area contributed by atoms with Gasteiger partial charge in [-0.2, -0.15) is 0 Å². The molecule has 1 N–H and O–H groups in total. The molecule has 0 aliphatic carbocycles. The van der Waals surface area contributed by atoms with Gasteiger partial charge in [0.25, 0.3) is 17.5 Å². The fourth-order valence-electron chi connectivity index (χ4n) is 3.39. The van der Waals surface area contributed by atoms with Crippen LogP contribution in [0.3, 0.4) is 0 Å². The maximum atomic E-state index is 12.5. The normalized spacial score (nSPS) is 12.8. The smallest absolute Gasteiger partial charge is 0.270 e. The highest BCUT2D eigenvalue weighted by Crippen LogP contribution is 2.30. The van der Waals surface area contributed by atoms with Crippen molar-refractivity contribution in [2.24, 2.45) is 0 Å². The standard InChI is InChI=1S/C21H18N4O6S/c1-2-31-13-6-8-16-17(11-13)32-21(22-16)23-18(26)4-3-9-24-19(27)14-7-5-12(25(29)30)10-15(14)20(24)28/h5-8,10-11H,2-4,9H2,1H3,(H,22,23,26). The van der Waals surface area contributed by atoms with E-state index in [0.717, 1.165) is 26.9 Å². The number of nitro groups is 1. The molecule has 0 spiro atoms. The third-order valence-electron chi connectivity index (χ3n) is 4.87. The number of anilines is 1. The van der Waals surface area contributed by atoms with E-state index < -0.39 is 16.7 Å². The molecule has 0 fully saturated rings. The summed E-state index contributed by atoms with van der Waals surface area (Å²) in [6, 6.07) is 9.07. The second-order valence-corrected chi connectivity index (χ2v) is 8.01. The zero-order chi connectivity index (χ0) is 22.8. The van der Waals surface area contributed by atoms with Gasteiger partial charge in [-0.15, -0.1) is 0 Å². The van der Waals surface area contributed by atoms with E-state index in [1.807, 2.05) is 25.1 Å². The van der Waals surface area contributed by atoms with E-state index >= 15 is 0 Å². The molecule has 4 rings (SSSR count). The number of nitro benzene ring substituents is 1. The lowest BCUT2D eigenvalue weighted by Crippen LogP contribution is -2.31. The number of carbonyl (C=O) groups is 3. The van der Waals surface area contributed by atoms with Gasteiger partial charge in [-0.25, -0.2) is 4.98 Å². The van der Waals surface area contributed by atoms with Crippen LogP contribution < -0.4 is 10.1 Å². The van der Waals surface area contributed by atoms with Gasteiger partial charge in [-0.1, -0.05) is 11.3 Å². The Balaban J connectivity index is 1.34. The predicted molar refractivity (Wildman–Crippen MR) is 117 cm³/mol. The van der Waals surface area contributed by atoms with Crippen LogP contribution in [0.25, 0.3) is 10.2 Å². The van der Waals surface area contributed by atoms with Crippen molar-refractivity contribution in [3.8, 4) is 5.75 Å². The van der Waals surface area contributed by atoms with Gasteiger partial charge < -0.3 is 10.1 Å². The number of amides is 3. The maximum Gasteiger partial charge on any atom is 0.270 e. The fourth-order valence-corrected chi connectivity index (χ4v) is 4.30. The molecule has 0 saturated heterocycles. The van der Waals surface area contributed by atoms with Crippen LogP contribution in [0.2, 0.25) is 0 Å². The minimum absolute atomic E-state index is 0.00884. The van der Waals surface area contributed by atoms with Crippen molar-refractivity contribution in [3.63, 3.8) is 0 Å². The Hall–Kier alpha value is -3.86. The molecule has 0 radical (unpaired) electrons. The van der Waals surface area contributed by atoms with Crippen LogP contribution in [-0.4, -0.2) is 45.7 Å². The van der Waals surface area contributed by atoms with Crippen molar-refractivity contribution in [3.05, 3.63) is 57.6 Å². The number of nitrogens with one attached hydrogen (secondary N) is 1. The minimum Gasteiger partial charge on any atom is -0.494 e. The second-order valence-electron chi connectivity index (χ2n) is 6.98. The van der Waals surface area contributed by atoms with Crippen molar-refractivity contribution in [1.29, 1.82) is 0 Å². The van der Waals surface area contributed by atoms with Crippen molar-refractivity contribution in [2.75, 3.05) is 18.5 Å². The summed E-state index contributed by atoms with van der Waals surface area (Å²) in [5.41, 5.74) is 0.629. The van der Waals surface area contributed by atoms with Gasteiger partial charge in [-0.05, 0) is 37.6 Å². The lowest BCUT2D eigenvalue weighted by molar-refractivity contribution is -0.384. The van der Waals surface area contributed by atoms with E-state index in [2.05, 4.69) is 10.3 Å². The number of hydrogen-bond acceptors (Lipinski definition) is 8. The SMILES string of the molecule is CCOc1ccc2nc(NC(=O)CCCN3C(=O)c4ccc([N+](=O)[O-])cc4C3=O)sc2c1. The van der Waals surface area contributed by atoms with Gasteiger partial charge in [-0.3, -0.25) is 29.4 Å². The molecule has 1 aliphatic heterocycles. The average molecular weight is 454 g/mol.